The Balaban J connectivity index is 1.56. The molecular formula is C26H35F2O6S2+. The van der Waals surface area contributed by atoms with Gasteiger partial charge < -0.3 is 4.74 Å². The van der Waals surface area contributed by atoms with Crippen molar-refractivity contribution < 1.29 is 36.1 Å². The lowest BCUT2D eigenvalue weighted by Crippen LogP contribution is -2.41. The van der Waals surface area contributed by atoms with Crippen molar-refractivity contribution in [3.63, 3.8) is 0 Å². The minimum absolute atomic E-state index is 0.0884. The molecule has 0 aromatic heterocycles. The Morgan fingerprint density at radius 3 is 2.28 bits per heavy atom. The molecule has 1 saturated heterocycles. The summed E-state index contributed by atoms with van der Waals surface area (Å²) < 4.78 is 63.0. The van der Waals surface area contributed by atoms with E-state index in [-0.39, 0.29) is 29.0 Å². The normalized spacial score (nSPS) is 24.5. The van der Waals surface area contributed by atoms with Gasteiger partial charge in [0.05, 0.1) is 0 Å². The van der Waals surface area contributed by atoms with Crippen molar-refractivity contribution in [2.75, 3.05) is 17.3 Å². The van der Waals surface area contributed by atoms with Gasteiger partial charge in [-0.2, -0.15) is 17.2 Å². The van der Waals surface area contributed by atoms with E-state index in [0.717, 1.165) is 49.2 Å². The van der Waals surface area contributed by atoms with E-state index in [1.54, 1.807) is 0 Å². The van der Waals surface area contributed by atoms with E-state index in [9.17, 15) is 26.8 Å². The SMILES string of the molecule is O=C(C[S+]1CCCC1)c1ccc(C2CCCCC2)c(C2CCCC(OC(=O)C(F)(F)S(=O)(=O)O)C2)c1. The lowest BCUT2D eigenvalue weighted by molar-refractivity contribution is -0.168. The van der Waals surface area contributed by atoms with E-state index in [1.165, 1.54) is 24.8 Å². The first kappa shape index (κ1) is 27.5. The Labute approximate surface area is 214 Å². The van der Waals surface area contributed by atoms with E-state index >= 15 is 0 Å². The predicted octanol–water partition coefficient (Wildman–Crippen LogP) is 5.38. The summed E-state index contributed by atoms with van der Waals surface area (Å²) in [5.74, 6) is 0.979. The summed E-state index contributed by atoms with van der Waals surface area (Å²) in [4.78, 5) is 25.0. The standard InChI is InChI=1S/C26H34F2O6S2/c27-26(28,36(31,32)33)25(30)34-21-10-6-9-19(15-21)23-16-20(24(29)17-35-13-4-5-14-35)11-12-22(23)18-7-2-1-3-8-18/h11-12,16,18-19,21H,1-10,13-15,17H2/p+1. The molecule has 2 saturated carbocycles. The number of esters is 1. The monoisotopic (exact) mass is 545 g/mol. The van der Waals surface area contributed by atoms with Gasteiger partial charge in [0.25, 0.3) is 0 Å². The van der Waals surface area contributed by atoms with Gasteiger partial charge in [-0.15, -0.1) is 0 Å². The first-order valence-corrected chi connectivity index (χ1v) is 16.1. The minimum atomic E-state index is -5.91. The molecule has 1 heterocycles. The van der Waals surface area contributed by atoms with E-state index in [1.807, 2.05) is 12.1 Å². The van der Waals surface area contributed by atoms with Gasteiger partial charge in [-0.25, -0.2) is 4.79 Å². The first-order chi connectivity index (χ1) is 17.1. The molecule has 0 spiro atoms. The van der Waals surface area contributed by atoms with Crippen molar-refractivity contribution >= 4 is 32.8 Å². The second-order valence-corrected chi connectivity index (χ2v) is 14.1. The summed E-state index contributed by atoms with van der Waals surface area (Å²) >= 11 is 0. The smallest absolute Gasteiger partial charge is 0.457 e. The van der Waals surface area contributed by atoms with Gasteiger partial charge in [0.1, 0.15) is 17.6 Å². The molecule has 1 aliphatic heterocycles. The molecule has 2 atom stereocenters. The van der Waals surface area contributed by atoms with Gasteiger partial charge in [-0.05, 0) is 91.3 Å². The van der Waals surface area contributed by atoms with Crippen LogP contribution in [0, 0.1) is 0 Å². The van der Waals surface area contributed by atoms with E-state index in [2.05, 4.69) is 6.07 Å². The van der Waals surface area contributed by atoms with Gasteiger partial charge in [-0.1, -0.05) is 31.4 Å². The van der Waals surface area contributed by atoms with Crippen LogP contribution in [-0.4, -0.2) is 53.3 Å². The third kappa shape index (κ3) is 6.30. The molecule has 1 N–H and O–H groups in total. The van der Waals surface area contributed by atoms with Gasteiger partial charge in [-0.3, -0.25) is 9.35 Å². The van der Waals surface area contributed by atoms with Crippen molar-refractivity contribution in [1.29, 1.82) is 0 Å². The van der Waals surface area contributed by atoms with Crippen LogP contribution < -0.4 is 0 Å². The number of carbonyl (C=O) groups excluding carboxylic acids is 2. The summed E-state index contributed by atoms with van der Waals surface area (Å²) in [5.41, 5.74) is 2.90. The molecule has 3 fully saturated rings. The van der Waals surface area contributed by atoms with E-state index in [4.69, 9.17) is 9.29 Å². The summed E-state index contributed by atoms with van der Waals surface area (Å²) in [6.45, 7) is 0. The number of hydrogen-bond donors (Lipinski definition) is 1. The molecule has 0 amide bonds. The number of carbonyl (C=O) groups is 2. The quantitative estimate of drug-likeness (QED) is 0.204. The van der Waals surface area contributed by atoms with Crippen LogP contribution in [0.5, 0.6) is 0 Å². The Bertz CT molecular complexity index is 1060. The fourth-order valence-electron chi connectivity index (χ4n) is 5.87. The third-order valence-corrected chi connectivity index (χ3v) is 11.0. The van der Waals surface area contributed by atoms with Crippen LogP contribution in [0.25, 0.3) is 0 Å². The molecule has 0 bridgehead atoms. The molecule has 200 valence electrons. The summed E-state index contributed by atoms with van der Waals surface area (Å²) in [6, 6.07) is 5.98. The molecule has 4 rings (SSSR count). The molecule has 36 heavy (non-hydrogen) atoms. The highest BCUT2D eigenvalue weighted by Crippen LogP contribution is 2.42. The van der Waals surface area contributed by atoms with Crippen molar-refractivity contribution in [1.82, 2.24) is 0 Å². The molecule has 10 heteroatoms. The highest BCUT2D eigenvalue weighted by atomic mass is 32.2. The number of alkyl halides is 2. The fraction of sp³-hybridized carbons (Fsp3) is 0.692. The van der Waals surface area contributed by atoms with Gasteiger partial charge in [0.2, 0.25) is 5.78 Å². The third-order valence-electron chi connectivity index (χ3n) is 7.81. The first-order valence-electron chi connectivity index (χ1n) is 12.9. The fourth-order valence-corrected chi connectivity index (χ4v) is 8.39. The number of ether oxygens (including phenoxy) is 1. The maximum Gasteiger partial charge on any atom is 0.465 e. The van der Waals surface area contributed by atoms with Crippen molar-refractivity contribution in [3.8, 4) is 0 Å². The van der Waals surface area contributed by atoms with Crippen molar-refractivity contribution in [2.45, 2.75) is 93.8 Å². The van der Waals surface area contributed by atoms with Gasteiger partial charge in [0.15, 0.2) is 5.75 Å². The Hall–Kier alpha value is -1.52. The Morgan fingerprint density at radius 2 is 1.61 bits per heavy atom. The van der Waals surface area contributed by atoms with E-state index < -0.39 is 27.4 Å². The number of ketones is 1. The zero-order valence-electron chi connectivity index (χ0n) is 20.4. The summed E-state index contributed by atoms with van der Waals surface area (Å²) in [6.07, 6.45) is 9.09. The number of hydrogen-bond acceptors (Lipinski definition) is 5. The van der Waals surface area contributed by atoms with Crippen molar-refractivity contribution in [3.05, 3.63) is 34.9 Å². The van der Waals surface area contributed by atoms with Crippen LogP contribution in [0.3, 0.4) is 0 Å². The van der Waals surface area contributed by atoms with Crippen LogP contribution in [0.4, 0.5) is 8.78 Å². The molecule has 2 aliphatic carbocycles. The topological polar surface area (TPSA) is 97.7 Å². The summed E-state index contributed by atoms with van der Waals surface area (Å²) in [5, 5.41) is -5.00. The molecule has 1 aromatic rings. The largest absolute Gasteiger partial charge is 0.465 e. The molecule has 1 aromatic carbocycles. The molecule has 6 nitrogen and oxygen atoms in total. The molecular weight excluding hydrogens is 510 g/mol. The number of benzene rings is 1. The maximum atomic E-state index is 13.8. The zero-order chi connectivity index (χ0) is 25.9. The Morgan fingerprint density at radius 1 is 0.944 bits per heavy atom. The van der Waals surface area contributed by atoms with Crippen LogP contribution >= 0.6 is 0 Å². The molecule has 2 unspecified atom stereocenters. The van der Waals surface area contributed by atoms with Crippen molar-refractivity contribution in [2.24, 2.45) is 0 Å². The van der Waals surface area contributed by atoms with Gasteiger partial charge in [0, 0.05) is 5.56 Å². The van der Waals surface area contributed by atoms with Gasteiger partial charge >= 0.3 is 21.3 Å². The van der Waals surface area contributed by atoms with Crippen LogP contribution in [0.15, 0.2) is 18.2 Å². The lowest BCUT2D eigenvalue weighted by atomic mass is 9.75. The predicted molar refractivity (Wildman–Crippen MR) is 135 cm³/mol. The highest BCUT2D eigenvalue weighted by Gasteiger charge is 2.55. The number of rotatable bonds is 8. The average molecular weight is 546 g/mol. The lowest BCUT2D eigenvalue weighted by Gasteiger charge is -2.33. The highest BCUT2D eigenvalue weighted by molar-refractivity contribution is 7.97. The second kappa shape index (κ2) is 11.5. The number of Topliss-reactive ketones (excluding diaryl/α,β-unsaturated/α-hetero) is 1. The van der Waals surface area contributed by atoms with Crippen LogP contribution in [0.1, 0.15) is 104 Å². The minimum Gasteiger partial charge on any atom is -0.457 e. The molecule has 0 radical (unpaired) electrons. The van der Waals surface area contributed by atoms with Crippen LogP contribution in [0.2, 0.25) is 0 Å². The van der Waals surface area contributed by atoms with E-state index in [0.29, 0.717) is 30.1 Å². The number of halogens is 2. The summed E-state index contributed by atoms with van der Waals surface area (Å²) in [7, 11) is -5.76. The second-order valence-electron chi connectivity index (χ2n) is 10.4. The average Bonchev–Trinajstić information content (AvgIpc) is 3.36. The molecule has 3 aliphatic rings. The van der Waals surface area contributed by atoms with Crippen LogP contribution in [-0.2, 0) is 30.5 Å². The zero-order valence-corrected chi connectivity index (χ0v) is 22.1. The maximum absolute atomic E-state index is 13.8. The Kier molecular flexibility index (Phi) is 8.77.